The van der Waals surface area contributed by atoms with E-state index in [0.29, 0.717) is 0 Å². The van der Waals surface area contributed by atoms with Crippen molar-refractivity contribution in [1.29, 1.82) is 0 Å². The Hall–Kier alpha value is -1.77. The van der Waals surface area contributed by atoms with E-state index in [1.54, 1.807) is 0 Å². The highest BCUT2D eigenvalue weighted by molar-refractivity contribution is 7.73. The number of nitrogens with one attached hydrogen (secondary N) is 3. The zero-order valence-electron chi connectivity index (χ0n) is 12.9. The highest BCUT2D eigenvalue weighted by Crippen LogP contribution is 2.41. The molecule has 3 N–H and O–H groups in total. The fourth-order valence-electron chi connectivity index (χ4n) is 2.54. The number of amidine groups is 1. The third kappa shape index (κ3) is 3.34. The quantitative estimate of drug-likeness (QED) is 0.512. The Morgan fingerprint density at radius 1 is 0.909 bits per heavy atom. The Morgan fingerprint density at radius 2 is 1.45 bits per heavy atom. The third-order valence-corrected chi connectivity index (χ3v) is 6.68. The van der Waals surface area contributed by atoms with Gasteiger partial charge in [-0.2, -0.15) is 0 Å². The molecule has 2 aromatic carbocycles. The molecule has 0 aliphatic carbocycles. The zero-order valence-corrected chi connectivity index (χ0v) is 13.8. The Bertz CT molecular complexity index is 610. The highest BCUT2D eigenvalue weighted by atomic mass is 31.1. The molecule has 1 aliphatic rings. The summed E-state index contributed by atoms with van der Waals surface area (Å²) >= 11 is 0. The SMILES string of the molecule is BC(B)(CP(c1ccccc1)c1ccccc1)C1=NNNN1. The summed E-state index contributed by atoms with van der Waals surface area (Å²) in [6, 6.07) is 21.6. The smallest absolute Gasteiger partial charge is 0.130 e. The van der Waals surface area contributed by atoms with Gasteiger partial charge in [0.1, 0.15) is 21.5 Å². The summed E-state index contributed by atoms with van der Waals surface area (Å²) < 4.78 is 0. The number of hydrogen-bond donors (Lipinski definition) is 3. The van der Waals surface area contributed by atoms with Crippen LogP contribution in [0.4, 0.5) is 0 Å². The first-order chi connectivity index (χ1) is 10.7. The van der Waals surface area contributed by atoms with Gasteiger partial charge in [0, 0.05) is 0 Å². The van der Waals surface area contributed by atoms with Gasteiger partial charge in [-0.25, -0.2) is 5.53 Å². The fraction of sp³-hybridized carbons (Fsp3) is 0.133. The van der Waals surface area contributed by atoms with Crippen molar-refractivity contribution in [2.45, 2.75) is 5.21 Å². The van der Waals surface area contributed by atoms with Gasteiger partial charge in [-0.05, 0) is 29.9 Å². The summed E-state index contributed by atoms with van der Waals surface area (Å²) in [5, 5.41) is 7.05. The standard InChI is InChI=1S/C15H19B2N4P/c16-15(17,14-18-20-21-19-14)11-22(12-7-3-1-4-8-12)13-9-5-2-6-10-13/h1-10,20-21H,11,16-17H2,(H,18,19). The predicted octanol–water partition coefficient (Wildman–Crippen LogP) is -0.572. The zero-order chi connectivity index (χ0) is 15.4. The number of hydrogen-bond acceptors (Lipinski definition) is 4. The lowest BCUT2D eigenvalue weighted by Crippen LogP contribution is -2.43. The second-order valence-corrected chi connectivity index (χ2v) is 8.17. The lowest BCUT2D eigenvalue weighted by molar-refractivity contribution is 0.576. The predicted molar refractivity (Wildman–Crippen MR) is 101 cm³/mol. The van der Waals surface area contributed by atoms with Gasteiger partial charge in [0.25, 0.3) is 0 Å². The van der Waals surface area contributed by atoms with Crippen LogP contribution in [0.3, 0.4) is 0 Å². The molecule has 22 heavy (non-hydrogen) atoms. The van der Waals surface area contributed by atoms with Crippen molar-refractivity contribution >= 4 is 40.1 Å². The first-order valence-electron chi connectivity index (χ1n) is 7.39. The molecule has 0 saturated heterocycles. The molecule has 110 valence electrons. The number of hydrazine groups is 2. The van der Waals surface area contributed by atoms with Crippen molar-refractivity contribution < 1.29 is 0 Å². The summed E-state index contributed by atoms with van der Waals surface area (Å²) in [6.07, 6.45) is 1.03. The minimum atomic E-state index is -0.431. The number of rotatable bonds is 5. The lowest BCUT2D eigenvalue weighted by Gasteiger charge is -2.30. The van der Waals surface area contributed by atoms with Crippen LogP contribution in [-0.2, 0) is 0 Å². The van der Waals surface area contributed by atoms with Crippen molar-refractivity contribution in [2.75, 3.05) is 6.16 Å². The molecule has 0 bridgehead atoms. The molecule has 0 unspecified atom stereocenters. The van der Waals surface area contributed by atoms with Crippen molar-refractivity contribution in [3.05, 3.63) is 60.7 Å². The summed E-state index contributed by atoms with van der Waals surface area (Å²) in [5.74, 6) is 0.951. The van der Waals surface area contributed by atoms with E-state index in [1.807, 2.05) is 0 Å². The maximum absolute atomic E-state index is 4.30. The van der Waals surface area contributed by atoms with E-state index in [9.17, 15) is 0 Å². The fourth-order valence-corrected chi connectivity index (χ4v) is 5.20. The maximum atomic E-state index is 4.30. The minimum Gasteiger partial charge on any atom is -0.289 e. The Kier molecular flexibility index (Phi) is 4.51. The molecular formula is C15H19B2N4P. The average molecular weight is 308 g/mol. The van der Waals surface area contributed by atoms with Crippen molar-refractivity contribution in [3.8, 4) is 0 Å². The van der Waals surface area contributed by atoms with E-state index >= 15 is 0 Å². The first kappa shape index (κ1) is 15.1. The third-order valence-electron chi connectivity index (χ3n) is 3.73. The maximum Gasteiger partial charge on any atom is 0.130 e. The molecule has 1 aliphatic heterocycles. The minimum absolute atomic E-state index is 0.0477. The Morgan fingerprint density at radius 3 is 1.91 bits per heavy atom. The number of benzene rings is 2. The average Bonchev–Trinajstić information content (AvgIpc) is 3.10. The molecule has 0 radical (unpaired) electrons. The van der Waals surface area contributed by atoms with Crippen LogP contribution in [0.25, 0.3) is 0 Å². The van der Waals surface area contributed by atoms with Crippen LogP contribution in [0.1, 0.15) is 0 Å². The van der Waals surface area contributed by atoms with Gasteiger partial charge in [0.2, 0.25) is 0 Å². The van der Waals surface area contributed by atoms with Crippen molar-refractivity contribution in [1.82, 2.24) is 16.5 Å². The second-order valence-electron chi connectivity index (χ2n) is 5.96. The molecule has 7 heteroatoms. The monoisotopic (exact) mass is 308 g/mol. The van der Waals surface area contributed by atoms with Crippen LogP contribution in [-0.4, -0.2) is 27.7 Å². The first-order valence-corrected chi connectivity index (χ1v) is 8.91. The summed E-state index contributed by atoms with van der Waals surface area (Å²) in [6.45, 7) is 0. The van der Waals surface area contributed by atoms with E-state index < -0.39 is 7.92 Å². The number of hydrazone groups is 1. The van der Waals surface area contributed by atoms with Crippen LogP contribution in [0.5, 0.6) is 0 Å². The molecule has 2 aromatic rings. The second kappa shape index (κ2) is 6.55. The van der Waals surface area contributed by atoms with Gasteiger partial charge in [-0.3, -0.25) is 5.43 Å². The van der Waals surface area contributed by atoms with Crippen LogP contribution < -0.4 is 27.1 Å². The molecule has 3 rings (SSSR count). The van der Waals surface area contributed by atoms with Crippen LogP contribution in [0, 0.1) is 0 Å². The van der Waals surface area contributed by atoms with Gasteiger partial charge in [0.15, 0.2) is 0 Å². The topological polar surface area (TPSA) is 48.5 Å². The van der Waals surface area contributed by atoms with E-state index in [2.05, 4.69) is 98.0 Å². The van der Waals surface area contributed by atoms with Gasteiger partial charge in [-0.15, -0.1) is 10.6 Å². The van der Waals surface area contributed by atoms with Crippen LogP contribution in [0.2, 0.25) is 5.21 Å². The molecule has 0 fully saturated rings. The summed E-state index contributed by atoms with van der Waals surface area (Å²) in [5.41, 5.74) is 8.70. The van der Waals surface area contributed by atoms with Crippen molar-refractivity contribution in [3.63, 3.8) is 0 Å². The molecular weight excluding hydrogens is 289 g/mol. The molecule has 1 heterocycles. The van der Waals surface area contributed by atoms with E-state index in [0.717, 1.165) is 12.0 Å². The van der Waals surface area contributed by atoms with Gasteiger partial charge in [0.05, 0.1) is 0 Å². The summed E-state index contributed by atoms with van der Waals surface area (Å²) in [4.78, 5) is 0. The molecule has 0 saturated carbocycles. The normalized spacial score (nSPS) is 14.3. The summed E-state index contributed by atoms with van der Waals surface area (Å²) in [7, 11) is 4.03. The van der Waals surface area contributed by atoms with E-state index in [1.165, 1.54) is 10.6 Å². The lowest BCUT2D eigenvalue weighted by atomic mass is 9.55. The molecule has 4 nitrogen and oxygen atoms in total. The van der Waals surface area contributed by atoms with Crippen molar-refractivity contribution in [2.24, 2.45) is 5.10 Å². The van der Waals surface area contributed by atoms with Gasteiger partial charge >= 0.3 is 0 Å². The molecule has 0 spiro atoms. The Labute approximate surface area is 134 Å². The van der Waals surface area contributed by atoms with Crippen LogP contribution in [0.15, 0.2) is 65.8 Å². The van der Waals surface area contributed by atoms with E-state index in [4.69, 9.17) is 0 Å². The molecule has 0 atom stereocenters. The largest absolute Gasteiger partial charge is 0.289 e. The highest BCUT2D eigenvalue weighted by Gasteiger charge is 2.31. The van der Waals surface area contributed by atoms with E-state index in [-0.39, 0.29) is 5.21 Å². The van der Waals surface area contributed by atoms with Gasteiger partial charge in [-0.1, -0.05) is 60.7 Å². The molecule has 0 amide bonds. The Balaban J connectivity index is 1.92. The number of nitrogens with zero attached hydrogens (tertiary/aromatic N) is 1. The van der Waals surface area contributed by atoms with Gasteiger partial charge < -0.3 is 0 Å². The van der Waals surface area contributed by atoms with Crippen LogP contribution >= 0.6 is 7.92 Å². The molecule has 0 aromatic heterocycles.